The van der Waals surface area contributed by atoms with Crippen molar-refractivity contribution in [3.05, 3.63) is 42.5 Å². The lowest BCUT2D eigenvalue weighted by molar-refractivity contribution is 0.171. The number of hydrogen-bond acceptors (Lipinski definition) is 4. The van der Waals surface area contributed by atoms with Crippen molar-refractivity contribution in [1.29, 1.82) is 0 Å². The van der Waals surface area contributed by atoms with Crippen molar-refractivity contribution < 1.29 is 9.47 Å². The molecule has 0 saturated heterocycles. The fourth-order valence-corrected chi connectivity index (χ4v) is 2.24. The van der Waals surface area contributed by atoms with Gasteiger partial charge in [-0.3, -0.25) is 0 Å². The van der Waals surface area contributed by atoms with Gasteiger partial charge in [-0.25, -0.2) is 4.98 Å². The number of aryl methyl sites for hydroxylation is 1. The minimum absolute atomic E-state index is 0. The maximum atomic E-state index is 5.58. The highest BCUT2D eigenvalue weighted by molar-refractivity contribution is 5.85. The minimum atomic E-state index is 0. The SMILES string of the molecule is Cl.c1cn(CCCNCc2ccc3c(c2)OCCO3)cn1. The molecule has 3 rings (SSSR count). The molecule has 5 nitrogen and oxygen atoms in total. The molecule has 0 unspecified atom stereocenters. The van der Waals surface area contributed by atoms with E-state index in [1.807, 2.05) is 24.8 Å². The van der Waals surface area contributed by atoms with E-state index in [9.17, 15) is 0 Å². The molecule has 2 heterocycles. The summed E-state index contributed by atoms with van der Waals surface area (Å²) in [6.07, 6.45) is 6.73. The fraction of sp³-hybridized carbons (Fsp3) is 0.400. The van der Waals surface area contributed by atoms with Crippen LogP contribution in [-0.2, 0) is 13.1 Å². The van der Waals surface area contributed by atoms with E-state index >= 15 is 0 Å². The van der Waals surface area contributed by atoms with E-state index in [0.717, 1.165) is 37.6 Å². The molecule has 1 aliphatic rings. The highest BCUT2D eigenvalue weighted by atomic mass is 35.5. The van der Waals surface area contributed by atoms with Gasteiger partial charge < -0.3 is 19.4 Å². The molecule has 0 fully saturated rings. The Morgan fingerprint density at radius 1 is 1.19 bits per heavy atom. The molecule has 0 atom stereocenters. The van der Waals surface area contributed by atoms with Gasteiger partial charge in [0, 0.05) is 25.5 Å². The van der Waals surface area contributed by atoms with Gasteiger partial charge in [0.15, 0.2) is 11.5 Å². The lowest BCUT2D eigenvalue weighted by atomic mass is 10.2. The first kappa shape index (κ1) is 15.7. The average Bonchev–Trinajstić information content (AvgIpc) is 3.00. The van der Waals surface area contributed by atoms with Gasteiger partial charge in [-0.2, -0.15) is 0 Å². The number of halogens is 1. The van der Waals surface area contributed by atoms with E-state index in [4.69, 9.17) is 9.47 Å². The zero-order valence-electron chi connectivity index (χ0n) is 11.8. The van der Waals surface area contributed by atoms with Crippen LogP contribution in [0.1, 0.15) is 12.0 Å². The number of nitrogens with one attached hydrogen (secondary N) is 1. The lowest BCUT2D eigenvalue weighted by Crippen LogP contribution is -2.18. The summed E-state index contributed by atoms with van der Waals surface area (Å²) in [5.74, 6) is 1.70. The number of aromatic nitrogens is 2. The van der Waals surface area contributed by atoms with Gasteiger partial charge in [-0.05, 0) is 30.7 Å². The first-order valence-electron chi connectivity index (χ1n) is 6.97. The van der Waals surface area contributed by atoms with Crippen LogP contribution in [-0.4, -0.2) is 29.3 Å². The van der Waals surface area contributed by atoms with Gasteiger partial charge in [-0.15, -0.1) is 12.4 Å². The Morgan fingerprint density at radius 3 is 2.86 bits per heavy atom. The summed E-state index contributed by atoms with van der Waals surface area (Å²) in [5.41, 5.74) is 1.22. The van der Waals surface area contributed by atoms with Gasteiger partial charge in [-0.1, -0.05) is 6.07 Å². The Hall–Kier alpha value is -1.72. The Labute approximate surface area is 130 Å². The molecule has 1 aromatic heterocycles. The van der Waals surface area contributed by atoms with Gasteiger partial charge in [0.1, 0.15) is 13.2 Å². The third-order valence-corrected chi connectivity index (χ3v) is 3.26. The summed E-state index contributed by atoms with van der Waals surface area (Å²) in [6, 6.07) is 6.12. The van der Waals surface area contributed by atoms with Gasteiger partial charge in [0.2, 0.25) is 0 Å². The second-order valence-corrected chi connectivity index (χ2v) is 4.81. The van der Waals surface area contributed by atoms with E-state index < -0.39 is 0 Å². The summed E-state index contributed by atoms with van der Waals surface area (Å²) in [6.45, 7) is 4.09. The quantitative estimate of drug-likeness (QED) is 0.832. The van der Waals surface area contributed by atoms with Crippen LogP contribution < -0.4 is 14.8 Å². The number of fused-ring (bicyclic) bond motifs is 1. The molecule has 6 heteroatoms. The van der Waals surface area contributed by atoms with E-state index in [0.29, 0.717) is 13.2 Å². The van der Waals surface area contributed by atoms with Crippen LogP contribution in [0.25, 0.3) is 0 Å². The molecule has 0 spiro atoms. The normalized spacial score (nSPS) is 12.8. The molecule has 21 heavy (non-hydrogen) atoms. The summed E-state index contributed by atoms with van der Waals surface area (Å²) in [5, 5.41) is 3.44. The van der Waals surface area contributed by atoms with Gasteiger partial charge in [0.25, 0.3) is 0 Å². The molecule has 114 valence electrons. The smallest absolute Gasteiger partial charge is 0.161 e. The van der Waals surface area contributed by atoms with Gasteiger partial charge >= 0.3 is 0 Å². The number of benzene rings is 1. The highest BCUT2D eigenvalue weighted by Crippen LogP contribution is 2.30. The Kier molecular flexibility index (Phi) is 5.90. The van der Waals surface area contributed by atoms with Crippen LogP contribution in [0.3, 0.4) is 0 Å². The van der Waals surface area contributed by atoms with Crippen molar-refractivity contribution in [1.82, 2.24) is 14.9 Å². The van der Waals surface area contributed by atoms with Crippen molar-refractivity contribution in [3.63, 3.8) is 0 Å². The minimum Gasteiger partial charge on any atom is -0.486 e. The average molecular weight is 310 g/mol. The molecule has 0 radical (unpaired) electrons. The summed E-state index contributed by atoms with van der Waals surface area (Å²) >= 11 is 0. The first-order valence-corrected chi connectivity index (χ1v) is 6.97. The van der Waals surface area contributed by atoms with Crippen LogP contribution in [0, 0.1) is 0 Å². The number of nitrogens with zero attached hydrogens (tertiary/aromatic N) is 2. The summed E-state index contributed by atoms with van der Waals surface area (Å²) in [7, 11) is 0. The molecule has 2 aromatic rings. The number of ether oxygens (including phenoxy) is 2. The zero-order chi connectivity index (χ0) is 13.6. The maximum absolute atomic E-state index is 5.58. The monoisotopic (exact) mass is 309 g/mol. The predicted octanol–water partition coefficient (Wildman–Crippen LogP) is 2.26. The predicted molar refractivity (Wildman–Crippen MR) is 83.2 cm³/mol. The molecule has 1 aliphatic heterocycles. The molecule has 0 aliphatic carbocycles. The summed E-state index contributed by atoms with van der Waals surface area (Å²) in [4.78, 5) is 4.03. The number of imidazole rings is 1. The molecule has 1 aromatic carbocycles. The lowest BCUT2D eigenvalue weighted by Gasteiger charge is -2.19. The second-order valence-electron chi connectivity index (χ2n) is 4.81. The molecule has 0 bridgehead atoms. The van der Waals surface area contributed by atoms with Crippen LogP contribution in [0.5, 0.6) is 11.5 Å². The van der Waals surface area contributed by atoms with E-state index in [1.165, 1.54) is 5.56 Å². The maximum Gasteiger partial charge on any atom is 0.161 e. The van der Waals surface area contributed by atoms with Crippen molar-refractivity contribution in [2.24, 2.45) is 0 Å². The van der Waals surface area contributed by atoms with Crippen LogP contribution in [0.4, 0.5) is 0 Å². The Bertz CT molecular complexity index is 546. The van der Waals surface area contributed by atoms with Crippen LogP contribution in [0.2, 0.25) is 0 Å². The molecular weight excluding hydrogens is 290 g/mol. The molecular formula is C15H20ClN3O2. The van der Waals surface area contributed by atoms with Crippen molar-refractivity contribution in [2.45, 2.75) is 19.5 Å². The van der Waals surface area contributed by atoms with E-state index in [-0.39, 0.29) is 12.4 Å². The number of hydrogen-bond donors (Lipinski definition) is 1. The summed E-state index contributed by atoms with van der Waals surface area (Å²) < 4.78 is 13.2. The van der Waals surface area contributed by atoms with Crippen LogP contribution >= 0.6 is 12.4 Å². The van der Waals surface area contributed by atoms with Crippen LogP contribution in [0.15, 0.2) is 36.9 Å². The zero-order valence-corrected chi connectivity index (χ0v) is 12.6. The fourth-order valence-electron chi connectivity index (χ4n) is 2.24. The van der Waals surface area contributed by atoms with Crippen molar-refractivity contribution in [3.8, 4) is 11.5 Å². The highest BCUT2D eigenvalue weighted by Gasteiger charge is 2.11. The van der Waals surface area contributed by atoms with E-state index in [2.05, 4.69) is 27.0 Å². The second kappa shape index (κ2) is 7.90. The largest absolute Gasteiger partial charge is 0.486 e. The first-order chi connectivity index (χ1) is 9.92. The number of rotatable bonds is 6. The molecule has 0 saturated carbocycles. The van der Waals surface area contributed by atoms with Gasteiger partial charge in [0.05, 0.1) is 6.33 Å². The van der Waals surface area contributed by atoms with Crippen molar-refractivity contribution in [2.75, 3.05) is 19.8 Å². The third-order valence-electron chi connectivity index (χ3n) is 3.26. The van der Waals surface area contributed by atoms with Crippen molar-refractivity contribution >= 4 is 12.4 Å². The molecule has 0 amide bonds. The topological polar surface area (TPSA) is 48.3 Å². The molecule has 1 N–H and O–H groups in total. The Balaban J connectivity index is 0.00000161. The standard InChI is InChI=1S/C15H19N3O2.ClH/c1(6-18-7-5-17-12-18)4-16-11-13-2-3-14-15(10-13)20-9-8-19-14;/h2-3,5,7,10,12,16H,1,4,6,8-9,11H2;1H. The van der Waals surface area contributed by atoms with E-state index in [1.54, 1.807) is 0 Å². The Morgan fingerprint density at radius 2 is 2.05 bits per heavy atom. The third kappa shape index (κ3) is 4.37.